The Morgan fingerprint density at radius 3 is 2.16 bits per heavy atom. The summed E-state index contributed by atoms with van der Waals surface area (Å²) in [5.41, 5.74) is 2.06. The lowest BCUT2D eigenvalue weighted by atomic mass is 9.92. The molecular formula is C35H29F2N3O3. The van der Waals surface area contributed by atoms with Crippen LogP contribution in [0.5, 0.6) is 0 Å². The van der Waals surface area contributed by atoms with Gasteiger partial charge in [-0.3, -0.25) is 14.4 Å². The molecule has 4 aromatic carbocycles. The molecule has 1 heterocycles. The highest BCUT2D eigenvalue weighted by Gasteiger charge is 2.42. The highest BCUT2D eigenvalue weighted by Crippen LogP contribution is 2.44. The molecule has 43 heavy (non-hydrogen) atoms. The smallest absolute Gasteiger partial charge is 0.275 e. The molecule has 216 valence electrons. The SMILES string of the molecule is O=C(C=C1c2ccccc2N(C(=O)c2cccc(C(=O)Nc3ccccc3)c2-c2ccccc2)CCC1(F)F)NC1CC1. The number of nitrogens with zero attached hydrogens (tertiary/aromatic N) is 1. The molecule has 0 bridgehead atoms. The van der Waals surface area contributed by atoms with Crippen LogP contribution in [0.25, 0.3) is 16.7 Å². The van der Waals surface area contributed by atoms with Gasteiger partial charge in [0.05, 0.1) is 5.69 Å². The van der Waals surface area contributed by atoms with E-state index in [1.165, 1.54) is 11.0 Å². The topological polar surface area (TPSA) is 78.5 Å². The summed E-state index contributed by atoms with van der Waals surface area (Å²) in [6.45, 7) is -0.293. The quantitative estimate of drug-likeness (QED) is 0.244. The first-order chi connectivity index (χ1) is 20.8. The number of fused-ring (bicyclic) bond motifs is 1. The standard InChI is InChI=1S/C35H29F2N3O3/c36-35(37)20-21-40(30-17-8-7-14-26(30)29(35)22-31(41)38-25-18-19-25)34(43)28-16-9-15-27(32(28)23-10-3-1-4-11-23)33(42)39-24-12-5-2-6-13-24/h1-17,22,25H,18-21H2,(H,38,41)(H,39,42). The Labute approximate surface area is 248 Å². The number of alkyl halides is 2. The average Bonchev–Trinajstić information content (AvgIpc) is 3.85. The van der Waals surface area contributed by atoms with Crippen molar-refractivity contribution in [1.82, 2.24) is 5.32 Å². The van der Waals surface area contributed by atoms with E-state index in [0.29, 0.717) is 16.8 Å². The van der Waals surface area contributed by atoms with Crippen molar-refractivity contribution in [2.75, 3.05) is 16.8 Å². The summed E-state index contributed by atoms with van der Waals surface area (Å²) in [6, 6.07) is 29.3. The Morgan fingerprint density at radius 1 is 0.791 bits per heavy atom. The van der Waals surface area contributed by atoms with Crippen LogP contribution < -0.4 is 15.5 Å². The van der Waals surface area contributed by atoms with Gasteiger partial charge in [-0.05, 0) is 48.7 Å². The zero-order valence-electron chi connectivity index (χ0n) is 23.2. The number of carbonyl (C=O) groups excluding carboxylic acids is 3. The van der Waals surface area contributed by atoms with Gasteiger partial charge < -0.3 is 15.5 Å². The Morgan fingerprint density at radius 2 is 1.44 bits per heavy atom. The van der Waals surface area contributed by atoms with Gasteiger partial charge in [0, 0.05) is 58.6 Å². The van der Waals surface area contributed by atoms with E-state index in [0.717, 1.165) is 18.9 Å². The van der Waals surface area contributed by atoms with Crippen molar-refractivity contribution in [3.8, 4) is 11.1 Å². The Hall–Kier alpha value is -5.11. The van der Waals surface area contributed by atoms with Crippen LogP contribution in [-0.2, 0) is 4.79 Å². The molecule has 3 amide bonds. The summed E-state index contributed by atoms with van der Waals surface area (Å²) in [4.78, 5) is 41.9. The maximum absolute atomic E-state index is 15.6. The molecule has 0 spiro atoms. The second-order valence-electron chi connectivity index (χ2n) is 10.7. The van der Waals surface area contributed by atoms with Crippen molar-refractivity contribution in [1.29, 1.82) is 0 Å². The molecule has 8 heteroatoms. The molecule has 0 aromatic heterocycles. The van der Waals surface area contributed by atoms with Gasteiger partial charge in [0.2, 0.25) is 5.91 Å². The van der Waals surface area contributed by atoms with Crippen molar-refractivity contribution < 1.29 is 23.2 Å². The van der Waals surface area contributed by atoms with Gasteiger partial charge in [0.1, 0.15) is 0 Å². The molecule has 1 aliphatic heterocycles. The van der Waals surface area contributed by atoms with Gasteiger partial charge in [-0.15, -0.1) is 0 Å². The fraction of sp³-hybridized carbons (Fsp3) is 0.171. The molecule has 6 rings (SSSR count). The number of para-hydroxylation sites is 2. The Kier molecular flexibility index (Phi) is 7.59. The van der Waals surface area contributed by atoms with Crippen molar-refractivity contribution >= 4 is 34.7 Å². The molecule has 1 saturated carbocycles. The van der Waals surface area contributed by atoms with Crippen molar-refractivity contribution in [2.24, 2.45) is 0 Å². The van der Waals surface area contributed by atoms with E-state index >= 15 is 8.78 Å². The lowest BCUT2D eigenvalue weighted by Crippen LogP contribution is -2.34. The summed E-state index contributed by atoms with van der Waals surface area (Å²) >= 11 is 0. The molecule has 0 radical (unpaired) electrons. The van der Waals surface area contributed by atoms with Crippen LogP contribution in [0.1, 0.15) is 45.5 Å². The van der Waals surface area contributed by atoms with E-state index in [4.69, 9.17) is 0 Å². The number of benzene rings is 4. The van der Waals surface area contributed by atoms with Gasteiger partial charge in [0.25, 0.3) is 17.7 Å². The lowest BCUT2D eigenvalue weighted by molar-refractivity contribution is -0.116. The molecule has 2 aliphatic rings. The first-order valence-electron chi connectivity index (χ1n) is 14.2. The third-order valence-electron chi connectivity index (χ3n) is 7.61. The van der Waals surface area contributed by atoms with Crippen LogP contribution in [-0.4, -0.2) is 36.2 Å². The number of anilines is 2. The molecule has 6 nitrogen and oxygen atoms in total. The van der Waals surface area contributed by atoms with Crippen LogP contribution in [0.15, 0.2) is 109 Å². The average molecular weight is 578 g/mol. The summed E-state index contributed by atoms with van der Waals surface area (Å²) in [5.74, 6) is -4.86. The third-order valence-corrected chi connectivity index (χ3v) is 7.61. The molecule has 0 atom stereocenters. The number of allylic oxidation sites excluding steroid dienone is 1. The predicted molar refractivity (Wildman–Crippen MR) is 163 cm³/mol. The fourth-order valence-corrected chi connectivity index (χ4v) is 5.34. The van der Waals surface area contributed by atoms with Crippen LogP contribution >= 0.6 is 0 Å². The Bertz CT molecular complexity index is 1720. The van der Waals surface area contributed by atoms with Crippen molar-refractivity contribution in [2.45, 2.75) is 31.2 Å². The number of hydrogen-bond acceptors (Lipinski definition) is 3. The minimum Gasteiger partial charge on any atom is -0.350 e. The second kappa shape index (κ2) is 11.6. The monoisotopic (exact) mass is 577 g/mol. The molecule has 1 fully saturated rings. The van der Waals surface area contributed by atoms with Gasteiger partial charge in [-0.2, -0.15) is 0 Å². The zero-order valence-corrected chi connectivity index (χ0v) is 23.2. The van der Waals surface area contributed by atoms with Gasteiger partial charge >= 0.3 is 0 Å². The first-order valence-corrected chi connectivity index (χ1v) is 14.2. The molecule has 4 aromatic rings. The van der Waals surface area contributed by atoms with E-state index in [-0.39, 0.29) is 35.0 Å². The van der Waals surface area contributed by atoms with E-state index in [2.05, 4.69) is 10.6 Å². The predicted octanol–water partition coefficient (Wildman–Crippen LogP) is 6.95. The van der Waals surface area contributed by atoms with Gasteiger partial charge in [0.15, 0.2) is 0 Å². The zero-order chi connectivity index (χ0) is 30.0. The molecule has 1 aliphatic carbocycles. The lowest BCUT2D eigenvalue weighted by Gasteiger charge is -2.25. The Balaban J connectivity index is 1.44. The molecule has 2 N–H and O–H groups in total. The maximum atomic E-state index is 15.6. The number of rotatable bonds is 6. The third kappa shape index (κ3) is 5.95. The number of hydrogen-bond donors (Lipinski definition) is 2. The van der Waals surface area contributed by atoms with E-state index < -0.39 is 35.6 Å². The van der Waals surface area contributed by atoms with E-state index in [1.807, 2.05) is 12.1 Å². The summed E-state index contributed by atoms with van der Waals surface area (Å²) in [6.07, 6.45) is 1.95. The fourth-order valence-electron chi connectivity index (χ4n) is 5.34. The summed E-state index contributed by atoms with van der Waals surface area (Å²) < 4.78 is 31.3. The number of nitrogens with one attached hydrogen (secondary N) is 2. The number of carbonyl (C=O) groups is 3. The number of amides is 3. The molecule has 0 saturated heterocycles. The van der Waals surface area contributed by atoms with Crippen LogP contribution in [0, 0.1) is 0 Å². The highest BCUT2D eigenvalue weighted by atomic mass is 19.3. The minimum absolute atomic E-state index is 0.0137. The first kappa shape index (κ1) is 28.0. The summed E-state index contributed by atoms with van der Waals surface area (Å²) in [7, 11) is 0. The van der Waals surface area contributed by atoms with Crippen LogP contribution in [0.2, 0.25) is 0 Å². The van der Waals surface area contributed by atoms with E-state index in [9.17, 15) is 14.4 Å². The van der Waals surface area contributed by atoms with Crippen LogP contribution in [0.3, 0.4) is 0 Å². The van der Waals surface area contributed by atoms with Gasteiger partial charge in [-0.1, -0.05) is 72.8 Å². The maximum Gasteiger partial charge on any atom is 0.275 e. The second-order valence-corrected chi connectivity index (χ2v) is 10.7. The molecule has 0 unspecified atom stereocenters. The minimum atomic E-state index is -3.36. The molecular weight excluding hydrogens is 548 g/mol. The summed E-state index contributed by atoms with van der Waals surface area (Å²) in [5, 5.41) is 5.63. The van der Waals surface area contributed by atoms with Crippen molar-refractivity contribution in [3.63, 3.8) is 0 Å². The number of halogens is 2. The largest absolute Gasteiger partial charge is 0.350 e. The van der Waals surface area contributed by atoms with Crippen molar-refractivity contribution in [3.05, 3.63) is 126 Å². The normalized spacial score (nSPS) is 16.6. The van der Waals surface area contributed by atoms with E-state index in [1.54, 1.807) is 84.9 Å². The highest BCUT2D eigenvalue weighted by molar-refractivity contribution is 6.17. The van der Waals surface area contributed by atoms with Crippen LogP contribution in [0.4, 0.5) is 20.2 Å². The van der Waals surface area contributed by atoms with Gasteiger partial charge in [-0.25, -0.2) is 8.78 Å².